The second-order valence-corrected chi connectivity index (χ2v) is 32.9. The molecule has 0 aromatic rings. The molecule has 3 unspecified atom stereocenters. The van der Waals surface area contributed by atoms with Gasteiger partial charge in [-0.2, -0.15) is 0 Å². The van der Waals surface area contributed by atoms with Gasteiger partial charge in [0.1, 0.15) is 19.3 Å². The molecule has 0 aromatic carbocycles. The van der Waals surface area contributed by atoms with Crippen LogP contribution in [0, 0.1) is 17.8 Å². The van der Waals surface area contributed by atoms with Crippen LogP contribution in [0.2, 0.25) is 0 Å². The van der Waals surface area contributed by atoms with Crippen LogP contribution in [0.1, 0.15) is 414 Å². The summed E-state index contributed by atoms with van der Waals surface area (Å²) in [5.41, 5.74) is 0. The summed E-state index contributed by atoms with van der Waals surface area (Å²) < 4.78 is 68.7. The normalized spacial score (nSPS) is 14.3. The minimum atomic E-state index is -4.96. The molecule has 0 bridgehead atoms. The van der Waals surface area contributed by atoms with Crippen LogP contribution >= 0.6 is 15.6 Å². The van der Waals surface area contributed by atoms with E-state index in [1.807, 2.05) is 0 Å². The molecule has 6 atom stereocenters. The van der Waals surface area contributed by atoms with E-state index < -0.39 is 97.5 Å². The second-order valence-electron chi connectivity index (χ2n) is 30.0. The molecule has 19 heteroatoms. The molecule has 588 valence electrons. The van der Waals surface area contributed by atoms with Gasteiger partial charge in [-0.3, -0.25) is 37.3 Å². The highest BCUT2D eigenvalue weighted by atomic mass is 31.2. The predicted molar refractivity (Wildman–Crippen MR) is 405 cm³/mol. The Labute approximate surface area is 607 Å². The number of phosphoric acid groups is 2. The van der Waals surface area contributed by atoms with Crippen molar-refractivity contribution in [2.45, 2.75) is 433 Å². The first-order valence-electron chi connectivity index (χ1n) is 41.4. The van der Waals surface area contributed by atoms with Crippen molar-refractivity contribution in [3.8, 4) is 0 Å². The monoisotopic (exact) mass is 1450 g/mol. The zero-order valence-electron chi connectivity index (χ0n) is 65.0. The molecule has 0 aliphatic heterocycles. The zero-order valence-corrected chi connectivity index (χ0v) is 66.8. The van der Waals surface area contributed by atoms with Gasteiger partial charge in [-0.1, -0.05) is 363 Å². The standard InChI is InChI=1S/C80H156O17P2/c1-8-10-11-12-13-14-15-16-17-18-19-20-21-26-29-32-42-49-56-63-79(84)96-75(67-90-77(82)61-54-47-40-31-28-25-23-22-24-27-30-37-44-51-58-71(3)4)69-94-98(86,87)92-65-74(81)66-93-99(88,89)95-70-76(68-91-78(83)62-55-48-41-35-33-38-45-52-59-72(5)6)97-80(85)64-57-50-43-36-34-39-46-53-60-73(7)9-2/h71-76,81H,8-70H2,1-7H3,(H,86,87)(H,88,89)/t73?,74-,75-,76-/m1/s1. The SMILES string of the molecule is CCCCCCCCCCCCCCCCCCCCCC(=O)O[C@H](COC(=O)CCCCCCCCCCCCCCCCC(C)C)COP(=O)(O)OC[C@@H](O)COP(=O)(O)OC[C@@H](COC(=O)CCCCCCCCCCC(C)C)OC(=O)CCCCCCCCCCC(C)CC. The number of rotatable bonds is 78. The minimum Gasteiger partial charge on any atom is -0.462 e. The summed E-state index contributed by atoms with van der Waals surface area (Å²) in [6.45, 7) is 11.9. The first kappa shape index (κ1) is 97.1. The molecule has 0 saturated carbocycles. The molecule has 0 fully saturated rings. The molecule has 0 radical (unpaired) electrons. The molecular weight excluding hydrogens is 1290 g/mol. The van der Waals surface area contributed by atoms with Crippen LogP contribution in [0.5, 0.6) is 0 Å². The zero-order chi connectivity index (χ0) is 73.0. The molecule has 0 amide bonds. The lowest BCUT2D eigenvalue weighted by Crippen LogP contribution is -2.30. The third-order valence-electron chi connectivity index (χ3n) is 19.0. The minimum absolute atomic E-state index is 0.104. The Hall–Kier alpha value is -1.94. The average Bonchev–Trinajstić information content (AvgIpc) is 1.10. The lowest BCUT2D eigenvalue weighted by atomic mass is 9.99. The largest absolute Gasteiger partial charge is 0.472 e. The predicted octanol–water partition coefficient (Wildman–Crippen LogP) is 23.7. The maximum Gasteiger partial charge on any atom is 0.472 e. The van der Waals surface area contributed by atoms with Gasteiger partial charge >= 0.3 is 39.5 Å². The topological polar surface area (TPSA) is 237 Å². The van der Waals surface area contributed by atoms with E-state index in [4.69, 9.17) is 37.0 Å². The Bertz CT molecular complexity index is 1920. The van der Waals surface area contributed by atoms with Gasteiger partial charge in [-0.25, -0.2) is 9.13 Å². The number of ether oxygens (including phenoxy) is 4. The van der Waals surface area contributed by atoms with E-state index >= 15 is 0 Å². The molecule has 3 N–H and O–H groups in total. The number of unbranched alkanes of at least 4 members (excludes halogenated alkanes) is 45. The van der Waals surface area contributed by atoms with Crippen LogP contribution in [-0.4, -0.2) is 96.7 Å². The maximum atomic E-state index is 13.1. The number of carbonyl (C=O) groups is 4. The summed E-state index contributed by atoms with van der Waals surface area (Å²) >= 11 is 0. The van der Waals surface area contributed by atoms with E-state index in [-0.39, 0.29) is 25.7 Å². The Morgan fingerprint density at radius 2 is 0.515 bits per heavy atom. The fourth-order valence-electron chi connectivity index (χ4n) is 12.3. The number of aliphatic hydroxyl groups excluding tert-OH is 1. The highest BCUT2D eigenvalue weighted by Gasteiger charge is 2.30. The molecular formula is C80H156O17P2. The van der Waals surface area contributed by atoms with Gasteiger partial charge in [0.15, 0.2) is 12.2 Å². The summed E-state index contributed by atoms with van der Waals surface area (Å²) in [4.78, 5) is 73.0. The van der Waals surface area contributed by atoms with Crippen molar-refractivity contribution in [2.24, 2.45) is 17.8 Å². The molecule has 0 saturated heterocycles. The van der Waals surface area contributed by atoms with Crippen LogP contribution in [0.15, 0.2) is 0 Å². The van der Waals surface area contributed by atoms with Gasteiger partial charge in [0.2, 0.25) is 0 Å². The molecule has 0 aromatic heterocycles. The molecule has 0 aliphatic carbocycles. The quantitative estimate of drug-likeness (QED) is 0.0222. The number of hydrogen-bond acceptors (Lipinski definition) is 15. The van der Waals surface area contributed by atoms with E-state index in [0.717, 1.165) is 108 Å². The van der Waals surface area contributed by atoms with Gasteiger partial charge in [0, 0.05) is 25.7 Å². The highest BCUT2D eigenvalue weighted by Crippen LogP contribution is 2.45. The number of esters is 4. The van der Waals surface area contributed by atoms with E-state index in [9.17, 15) is 43.2 Å². The number of hydrogen-bond donors (Lipinski definition) is 3. The fraction of sp³-hybridized carbons (Fsp3) is 0.950. The van der Waals surface area contributed by atoms with Crippen molar-refractivity contribution >= 4 is 39.5 Å². The van der Waals surface area contributed by atoms with Gasteiger partial charge in [-0.05, 0) is 43.4 Å². The maximum absolute atomic E-state index is 13.1. The van der Waals surface area contributed by atoms with Gasteiger partial charge in [0.05, 0.1) is 26.4 Å². The van der Waals surface area contributed by atoms with Crippen LogP contribution in [0.3, 0.4) is 0 Å². The molecule has 99 heavy (non-hydrogen) atoms. The summed E-state index contributed by atoms with van der Waals surface area (Å²) in [6.07, 6.45) is 58.3. The van der Waals surface area contributed by atoms with Gasteiger partial charge in [-0.15, -0.1) is 0 Å². The summed E-state index contributed by atoms with van der Waals surface area (Å²) in [7, 11) is -9.92. The number of aliphatic hydroxyl groups is 1. The van der Waals surface area contributed by atoms with E-state index in [2.05, 4.69) is 48.5 Å². The van der Waals surface area contributed by atoms with Crippen molar-refractivity contribution < 1.29 is 80.2 Å². The van der Waals surface area contributed by atoms with Crippen molar-refractivity contribution in [1.29, 1.82) is 0 Å². The van der Waals surface area contributed by atoms with Crippen molar-refractivity contribution in [3.63, 3.8) is 0 Å². The molecule has 0 rings (SSSR count). The van der Waals surface area contributed by atoms with Crippen LogP contribution in [-0.2, 0) is 65.4 Å². The Kier molecular flexibility index (Phi) is 69.0. The molecule has 17 nitrogen and oxygen atoms in total. The highest BCUT2D eigenvalue weighted by molar-refractivity contribution is 7.47. The number of carbonyl (C=O) groups excluding carboxylic acids is 4. The average molecular weight is 1450 g/mol. The summed E-state index contributed by atoms with van der Waals surface area (Å²) in [5.74, 6) is 0.181. The molecule has 0 heterocycles. The Morgan fingerprint density at radius 1 is 0.293 bits per heavy atom. The van der Waals surface area contributed by atoms with Gasteiger partial charge < -0.3 is 33.8 Å². The van der Waals surface area contributed by atoms with Crippen molar-refractivity contribution in [2.75, 3.05) is 39.6 Å². The smallest absolute Gasteiger partial charge is 0.462 e. The number of phosphoric ester groups is 2. The Balaban J connectivity index is 5.24. The van der Waals surface area contributed by atoms with Gasteiger partial charge in [0.25, 0.3) is 0 Å². The first-order chi connectivity index (χ1) is 47.8. The second kappa shape index (κ2) is 70.4. The van der Waals surface area contributed by atoms with Crippen molar-refractivity contribution in [3.05, 3.63) is 0 Å². The lowest BCUT2D eigenvalue weighted by Gasteiger charge is -2.21. The van der Waals surface area contributed by atoms with Crippen molar-refractivity contribution in [1.82, 2.24) is 0 Å². The Morgan fingerprint density at radius 3 is 0.768 bits per heavy atom. The van der Waals surface area contributed by atoms with Crippen LogP contribution in [0.4, 0.5) is 0 Å². The van der Waals surface area contributed by atoms with Crippen LogP contribution in [0.25, 0.3) is 0 Å². The lowest BCUT2D eigenvalue weighted by molar-refractivity contribution is -0.161. The van der Waals surface area contributed by atoms with E-state index in [1.165, 1.54) is 225 Å². The van der Waals surface area contributed by atoms with E-state index in [1.54, 1.807) is 0 Å². The summed E-state index contributed by atoms with van der Waals surface area (Å²) in [6, 6.07) is 0. The third kappa shape index (κ3) is 72.8. The summed E-state index contributed by atoms with van der Waals surface area (Å²) in [5, 5.41) is 10.6. The molecule has 0 aliphatic rings. The third-order valence-corrected chi connectivity index (χ3v) is 20.9. The first-order valence-corrected chi connectivity index (χ1v) is 44.4. The van der Waals surface area contributed by atoms with E-state index in [0.29, 0.717) is 25.7 Å². The van der Waals surface area contributed by atoms with Crippen LogP contribution < -0.4 is 0 Å². The fourth-order valence-corrected chi connectivity index (χ4v) is 13.9. The molecule has 0 spiro atoms.